The van der Waals surface area contributed by atoms with Gasteiger partial charge in [0.1, 0.15) is 6.10 Å². The SMILES string of the molecule is CC(=O)O[C@H]1CC[C@@]2(C)C(=C/C(=N\O)[C@@H]3[C@H]4CC[C@H]([C@H](C)CCCC(C)C)[C@]4(C)CC[C@H]32)C1. The standard InChI is InChI=1S/C29H47NO3/c1-18(2)8-7-9-19(3)23-10-11-24-27-25(13-15-29(23,24)6)28(5)14-12-22(33-20(4)31)16-21(28)17-26(27)30-32/h17-19,22-25,27,32H,7-16H2,1-6H3/b30-26+/t19-,22+,23-,24-,25-,27-,28+,29+/m1/s1. The monoisotopic (exact) mass is 457 g/mol. The average molecular weight is 458 g/mol. The molecule has 3 fully saturated rings. The van der Waals surface area contributed by atoms with E-state index < -0.39 is 0 Å². The summed E-state index contributed by atoms with van der Waals surface area (Å²) >= 11 is 0. The van der Waals surface area contributed by atoms with Crippen LogP contribution in [0.3, 0.4) is 0 Å². The minimum Gasteiger partial charge on any atom is -0.462 e. The first-order valence-electron chi connectivity index (χ1n) is 13.7. The molecule has 0 radical (unpaired) electrons. The molecule has 0 aromatic heterocycles. The first-order chi connectivity index (χ1) is 15.6. The van der Waals surface area contributed by atoms with Gasteiger partial charge in [-0.15, -0.1) is 0 Å². The number of ether oxygens (including phenoxy) is 1. The van der Waals surface area contributed by atoms with Crippen LogP contribution >= 0.6 is 0 Å². The Hall–Kier alpha value is -1.32. The smallest absolute Gasteiger partial charge is 0.302 e. The predicted molar refractivity (Wildman–Crippen MR) is 133 cm³/mol. The van der Waals surface area contributed by atoms with Crippen molar-refractivity contribution >= 4 is 11.7 Å². The normalized spacial score (nSPS) is 42.3. The maximum absolute atomic E-state index is 11.5. The van der Waals surface area contributed by atoms with Crippen LogP contribution in [0.4, 0.5) is 0 Å². The Morgan fingerprint density at radius 1 is 1.12 bits per heavy atom. The minimum absolute atomic E-state index is 0.0327. The lowest BCUT2D eigenvalue weighted by Gasteiger charge is -2.58. The number of rotatable bonds is 6. The van der Waals surface area contributed by atoms with Crippen LogP contribution in [-0.2, 0) is 9.53 Å². The van der Waals surface area contributed by atoms with Gasteiger partial charge in [-0.3, -0.25) is 4.79 Å². The molecule has 0 saturated heterocycles. The van der Waals surface area contributed by atoms with E-state index >= 15 is 0 Å². The van der Waals surface area contributed by atoms with Gasteiger partial charge in [-0.2, -0.15) is 0 Å². The van der Waals surface area contributed by atoms with Gasteiger partial charge in [0.2, 0.25) is 0 Å². The Morgan fingerprint density at radius 2 is 1.88 bits per heavy atom. The van der Waals surface area contributed by atoms with Crippen LogP contribution in [0.1, 0.15) is 106 Å². The Bertz CT molecular complexity index is 801. The maximum atomic E-state index is 11.5. The van der Waals surface area contributed by atoms with Crippen molar-refractivity contribution in [3.05, 3.63) is 11.6 Å². The summed E-state index contributed by atoms with van der Waals surface area (Å²) in [6.07, 6.45) is 14.1. The van der Waals surface area contributed by atoms with Crippen molar-refractivity contribution in [1.82, 2.24) is 0 Å². The lowest BCUT2D eigenvalue weighted by atomic mass is 9.46. The Balaban J connectivity index is 1.56. The van der Waals surface area contributed by atoms with Crippen molar-refractivity contribution in [2.24, 2.45) is 51.5 Å². The van der Waals surface area contributed by atoms with Crippen molar-refractivity contribution in [2.45, 2.75) is 112 Å². The van der Waals surface area contributed by atoms with E-state index in [2.05, 4.69) is 45.9 Å². The summed E-state index contributed by atoms with van der Waals surface area (Å²) < 4.78 is 5.58. The van der Waals surface area contributed by atoms with Crippen LogP contribution < -0.4 is 0 Å². The van der Waals surface area contributed by atoms with E-state index in [9.17, 15) is 10.0 Å². The van der Waals surface area contributed by atoms with Gasteiger partial charge >= 0.3 is 5.97 Å². The summed E-state index contributed by atoms with van der Waals surface area (Å²) in [5, 5.41) is 14.0. The fourth-order valence-electron chi connectivity index (χ4n) is 8.85. The second-order valence-corrected chi connectivity index (χ2v) is 12.9. The molecule has 186 valence electrons. The first-order valence-corrected chi connectivity index (χ1v) is 13.7. The van der Waals surface area contributed by atoms with Crippen LogP contribution in [-0.4, -0.2) is 23.0 Å². The van der Waals surface area contributed by atoms with E-state index in [4.69, 9.17) is 4.74 Å². The number of allylic oxidation sites excluding steroid dienone is 1. The molecule has 0 spiro atoms. The van der Waals surface area contributed by atoms with E-state index in [-0.39, 0.29) is 17.5 Å². The number of hydrogen-bond acceptors (Lipinski definition) is 4. The van der Waals surface area contributed by atoms with Gasteiger partial charge < -0.3 is 9.94 Å². The number of carbonyl (C=O) groups excluding carboxylic acids is 1. The molecule has 4 aliphatic rings. The number of esters is 1. The lowest BCUT2D eigenvalue weighted by Crippen LogP contribution is -2.54. The van der Waals surface area contributed by atoms with Gasteiger partial charge in [0.05, 0.1) is 5.71 Å². The molecule has 0 unspecified atom stereocenters. The summed E-state index contributed by atoms with van der Waals surface area (Å²) in [5.74, 6) is 3.67. The highest BCUT2D eigenvalue weighted by molar-refractivity contribution is 5.99. The van der Waals surface area contributed by atoms with E-state index in [1.54, 1.807) is 0 Å². The highest BCUT2D eigenvalue weighted by Crippen LogP contribution is 2.67. The van der Waals surface area contributed by atoms with Crippen LogP contribution in [0.15, 0.2) is 16.8 Å². The Morgan fingerprint density at radius 3 is 2.55 bits per heavy atom. The third-order valence-corrected chi connectivity index (χ3v) is 10.6. The molecule has 4 aliphatic carbocycles. The van der Waals surface area contributed by atoms with Crippen molar-refractivity contribution in [1.29, 1.82) is 0 Å². The van der Waals surface area contributed by atoms with Crippen molar-refractivity contribution in [3.63, 3.8) is 0 Å². The van der Waals surface area contributed by atoms with Gasteiger partial charge in [-0.1, -0.05) is 64.6 Å². The fourth-order valence-corrected chi connectivity index (χ4v) is 8.85. The minimum atomic E-state index is -0.193. The zero-order valence-electron chi connectivity index (χ0n) is 21.9. The molecule has 0 heterocycles. The predicted octanol–water partition coefficient (Wildman–Crippen LogP) is 7.40. The molecule has 1 N–H and O–H groups in total. The lowest BCUT2D eigenvalue weighted by molar-refractivity contribution is -0.148. The first kappa shape index (κ1) is 24.8. The molecule has 0 aromatic rings. The molecule has 0 aliphatic heterocycles. The average Bonchev–Trinajstić information content (AvgIpc) is 3.10. The molecule has 3 saturated carbocycles. The number of nitrogens with zero attached hydrogens (tertiary/aromatic N) is 1. The van der Waals surface area contributed by atoms with Crippen molar-refractivity contribution in [2.75, 3.05) is 0 Å². The molecule has 4 nitrogen and oxygen atoms in total. The van der Waals surface area contributed by atoms with Crippen molar-refractivity contribution in [3.8, 4) is 0 Å². The molecule has 0 bridgehead atoms. The molecule has 33 heavy (non-hydrogen) atoms. The van der Waals surface area contributed by atoms with Gasteiger partial charge in [-0.25, -0.2) is 0 Å². The number of carbonyl (C=O) groups is 1. The van der Waals surface area contributed by atoms with Crippen LogP contribution in [0.2, 0.25) is 0 Å². The topological polar surface area (TPSA) is 58.9 Å². The van der Waals surface area contributed by atoms with E-state index in [0.29, 0.717) is 23.2 Å². The summed E-state index contributed by atoms with van der Waals surface area (Å²) in [5.41, 5.74) is 2.73. The molecule has 8 atom stereocenters. The molecule has 4 rings (SSSR count). The Labute approximate surface area is 201 Å². The van der Waals surface area contributed by atoms with E-state index in [1.165, 1.54) is 57.4 Å². The van der Waals surface area contributed by atoms with Crippen molar-refractivity contribution < 1.29 is 14.7 Å². The Kier molecular flexibility index (Phi) is 7.05. The highest BCUT2D eigenvalue weighted by atomic mass is 16.5. The number of oxime groups is 1. The molecule has 0 aromatic carbocycles. The summed E-state index contributed by atoms with van der Waals surface area (Å²) in [7, 11) is 0. The van der Waals surface area contributed by atoms with Gasteiger partial charge in [0.15, 0.2) is 0 Å². The van der Waals surface area contributed by atoms with Crippen LogP contribution in [0, 0.1) is 46.3 Å². The third kappa shape index (κ3) is 4.41. The van der Waals surface area contributed by atoms with Gasteiger partial charge in [0.25, 0.3) is 0 Å². The summed E-state index contributed by atoms with van der Waals surface area (Å²) in [6.45, 7) is 13.7. The number of fused-ring (bicyclic) bond motifs is 5. The molecular formula is C29H47NO3. The van der Waals surface area contributed by atoms with Gasteiger partial charge in [0, 0.05) is 19.3 Å². The summed E-state index contributed by atoms with van der Waals surface area (Å²) in [4.78, 5) is 11.5. The van der Waals surface area contributed by atoms with Crippen LogP contribution in [0.25, 0.3) is 0 Å². The molecular weight excluding hydrogens is 410 g/mol. The quantitative estimate of drug-likeness (QED) is 0.257. The van der Waals surface area contributed by atoms with Crippen LogP contribution in [0.5, 0.6) is 0 Å². The molecule has 0 amide bonds. The fraction of sp³-hybridized carbons (Fsp3) is 0.862. The zero-order chi connectivity index (χ0) is 24.0. The molecule has 4 heteroatoms. The second-order valence-electron chi connectivity index (χ2n) is 12.9. The number of hydrogen-bond donors (Lipinski definition) is 1. The summed E-state index contributed by atoms with van der Waals surface area (Å²) in [6, 6.07) is 0. The third-order valence-electron chi connectivity index (χ3n) is 10.6. The second kappa shape index (κ2) is 9.38. The highest BCUT2D eigenvalue weighted by Gasteiger charge is 2.61. The largest absolute Gasteiger partial charge is 0.462 e. The zero-order valence-corrected chi connectivity index (χ0v) is 21.9. The van der Waals surface area contributed by atoms with Gasteiger partial charge in [-0.05, 0) is 85.0 Å². The van der Waals surface area contributed by atoms with E-state index in [0.717, 1.165) is 42.7 Å². The van der Waals surface area contributed by atoms with E-state index in [1.807, 2.05) is 0 Å². The maximum Gasteiger partial charge on any atom is 0.302 e.